The molecule has 8 nitrogen and oxygen atoms in total. The highest BCUT2D eigenvalue weighted by Crippen LogP contribution is 2.22. The Morgan fingerprint density at radius 3 is 2.60 bits per heavy atom. The summed E-state index contributed by atoms with van der Waals surface area (Å²) in [5.74, 6) is -1.36. The van der Waals surface area contributed by atoms with Gasteiger partial charge in [-0.1, -0.05) is 12.1 Å². The summed E-state index contributed by atoms with van der Waals surface area (Å²) in [5.41, 5.74) is 7.44. The molecule has 0 fully saturated rings. The Kier molecular flexibility index (Phi) is 5.33. The second-order valence-electron chi connectivity index (χ2n) is 5.47. The molecule has 0 unspecified atom stereocenters. The molecule has 0 bridgehead atoms. The number of carbonyl (C=O) groups is 2. The van der Waals surface area contributed by atoms with Crippen LogP contribution >= 0.6 is 0 Å². The van der Waals surface area contributed by atoms with E-state index >= 15 is 0 Å². The number of hydrogen-bond acceptors (Lipinski definition) is 6. The number of nitrogen functional groups attached to an aromatic ring is 1. The molecule has 2 rings (SSSR count). The fraction of sp³-hybridized carbons (Fsp3) is 0.176. The normalized spacial score (nSPS) is 10.2. The SMILES string of the molecule is Cc1ccc(C)c(NC(=O)COC(=O)c2ccc(N)c([N+](=O)[O-])c2)c1. The molecule has 0 aliphatic heterocycles. The molecule has 0 saturated carbocycles. The Bertz CT molecular complexity index is 848. The second kappa shape index (κ2) is 7.43. The first-order chi connectivity index (χ1) is 11.8. The summed E-state index contributed by atoms with van der Waals surface area (Å²) >= 11 is 0. The third-order valence-corrected chi connectivity index (χ3v) is 3.46. The number of esters is 1. The summed E-state index contributed by atoms with van der Waals surface area (Å²) in [5, 5.41) is 13.5. The van der Waals surface area contributed by atoms with E-state index in [0.29, 0.717) is 5.69 Å². The molecule has 3 N–H and O–H groups in total. The molecule has 25 heavy (non-hydrogen) atoms. The van der Waals surface area contributed by atoms with E-state index in [1.807, 2.05) is 26.0 Å². The molecular weight excluding hydrogens is 326 g/mol. The highest BCUT2D eigenvalue weighted by molar-refractivity contribution is 5.96. The minimum Gasteiger partial charge on any atom is -0.452 e. The zero-order chi connectivity index (χ0) is 18.6. The van der Waals surface area contributed by atoms with Gasteiger partial charge in [0.1, 0.15) is 5.69 Å². The monoisotopic (exact) mass is 343 g/mol. The molecule has 1 amide bonds. The maximum absolute atomic E-state index is 11.9. The number of benzene rings is 2. The van der Waals surface area contributed by atoms with Crippen LogP contribution in [0.3, 0.4) is 0 Å². The number of nitrogens with zero attached hydrogens (tertiary/aromatic N) is 1. The summed E-state index contributed by atoms with van der Waals surface area (Å²) in [6, 6.07) is 9.14. The Balaban J connectivity index is 2.00. The predicted molar refractivity (Wildman–Crippen MR) is 92.3 cm³/mol. The Morgan fingerprint density at radius 2 is 1.92 bits per heavy atom. The molecule has 2 aromatic carbocycles. The van der Waals surface area contributed by atoms with E-state index < -0.39 is 29.1 Å². The lowest BCUT2D eigenvalue weighted by atomic mass is 10.1. The van der Waals surface area contributed by atoms with Gasteiger partial charge in [-0.25, -0.2) is 4.79 Å². The van der Waals surface area contributed by atoms with Crippen molar-refractivity contribution in [3.63, 3.8) is 0 Å². The van der Waals surface area contributed by atoms with Gasteiger partial charge in [-0.2, -0.15) is 0 Å². The third kappa shape index (κ3) is 4.54. The molecule has 0 saturated heterocycles. The largest absolute Gasteiger partial charge is 0.452 e. The van der Waals surface area contributed by atoms with Crippen molar-refractivity contribution in [2.45, 2.75) is 13.8 Å². The highest BCUT2D eigenvalue weighted by atomic mass is 16.6. The van der Waals surface area contributed by atoms with E-state index in [9.17, 15) is 19.7 Å². The first-order valence-corrected chi connectivity index (χ1v) is 7.36. The molecule has 8 heteroatoms. The van der Waals surface area contributed by atoms with Gasteiger partial charge in [0.15, 0.2) is 6.61 Å². The molecule has 0 spiro atoms. The number of rotatable bonds is 5. The van der Waals surface area contributed by atoms with Crippen molar-refractivity contribution in [1.29, 1.82) is 0 Å². The number of nitrogens with two attached hydrogens (primary N) is 1. The number of nitrogens with one attached hydrogen (secondary N) is 1. The summed E-state index contributed by atoms with van der Waals surface area (Å²) in [4.78, 5) is 34.0. The van der Waals surface area contributed by atoms with Crippen LogP contribution in [0.1, 0.15) is 21.5 Å². The minimum absolute atomic E-state index is 0.0552. The summed E-state index contributed by atoms with van der Waals surface area (Å²) in [6.07, 6.45) is 0. The molecule has 0 aliphatic rings. The fourth-order valence-electron chi connectivity index (χ4n) is 2.10. The number of hydrogen-bond donors (Lipinski definition) is 2. The number of carbonyl (C=O) groups excluding carboxylic acids is 2. The van der Waals surface area contributed by atoms with Crippen LogP contribution in [0, 0.1) is 24.0 Å². The van der Waals surface area contributed by atoms with Crippen molar-refractivity contribution < 1.29 is 19.2 Å². The summed E-state index contributed by atoms with van der Waals surface area (Å²) in [6.45, 7) is 3.22. The number of nitro benzene ring substituents is 1. The van der Waals surface area contributed by atoms with Gasteiger partial charge >= 0.3 is 5.97 Å². The average molecular weight is 343 g/mol. The van der Waals surface area contributed by atoms with Gasteiger partial charge < -0.3 is 15.8 Å². The maximum Gasteiger partial charge on any atom is 0.338 e. The summed E-state index contributed by atoms with van der Waals surface area (Å²) in [7, 11) is 0. The van der Waals surface area contributed by atoms with Crippen molar-refractivity contribution in [1.82, 2.24) is 0 Å². The molecule has 0 aromatic heterocycles. The molecular formula is C17H17N3O5. The highest BCUT2D eigenvalue weighted by Gasteiger charge is 2.17. The third-order valence-electron chi connectivity index (χ3n) is 3.46. The van der Waals surface area contributed by atoms with E-state index in [-0.39, 0.29) is 11.3 Å². The molecule has 130 valence electrons. The Morgan fingerprint density at radius 1 is 1.20 bits per heavy atom. The zero-order valence-corrected chi connectivity index (χ0v) is 13.7. The zero-order valence-electron chi connectivity index (χ0n) is 13.7. The van der Waals surface area contributed by atoms with Gasteiger partial charge in [0.05, 0.1) is 10.5 Å². The quantitative estimate of drug-likeness (QED) is 0.372. The van der Waals surface area contributed by atoms with Gasteiger partial charge in [-0.05, 0) is 43.2 Å². The maximum atomic E-state index is 11.9. The van der Waals surface area contributed by atoms with Crippen LogP contribution < -0.4 is 11.1 Å². The topological polar surface area (TPSA) is 125 Å². The van der Waals surface area contributed by atoms with E-state index in [4.69, 9.17) is 10.5 Å². The Hall–Kier alpha value is -3.42. The van der Waals surface area contributed by atoms with Crippen LogP contribution in [0.15, 0.2) is 36.4 Å². The number of aryl methyl sites for hydroxylation is 2. The molecule has 0 aliphatic carbocycles. The van der Waals surface area contributed by atoms with Gasteiger partial charge in [0.25, 0.3) is 11.6 Å². The van der Waals surface area contributed by atoms with Crippen molar-refractivity contribution >= 4 is 28.9 Å². The van der Waals surface area contributed by atoms with Gasteiger partial charge in [0.2, 0.25) is 0 Å². The minimum atomic E-state index is -0.848. The molecule has 0 radical (unpaired) electrons. The number of anilines is 2. The van der Waals surface area contributed by atoms with Gasteiger partial charge in [0, 0.05) is 11.8 Å². The lowest BCUT2D eigenvalue weighted by molar-refractivity contribution is -0.383. The molecule has 2 aromatic rings. The van der Waals surface area contributed by atoms with Gasteiger partial charge in [-0.15, -0.1) is 0 Å². The van der Waals surface area contributed by atoms with Crippen molar-refractivity contribution in [2.75, 3.05) is 17.7 Å². The van der Waals surface area contributed by atoms with Crippen LogP contribution in [-0.2, 0) is 9.53 Å². The van der Waals surface area contributed by atoms with E-state index in [1.54, 1.807) is 6.07 Å². The number of amides is 1. The molecule has 0 atom stereocenters. The first-order valence-electron chi connectivity index (χ1n) is 7.36. The van der Waals surface area contributed by atoms with Crippen LogP contribution in [0.4, 0.5) is 17.1 Å². The molecule has 0 heterocycles. The number of ether oxygens (including phenoxy) is 1. The standard InChI is InChI=1S/C17H17N3O5/c1-10-3-4-11(2)14(7-10)19-16(21)9-25-17(22)12-5-6-13(18)15(8-12)20(23)24/h3-8H,9,18H2,1-2H3,(H,19,21). The van der Waals surface area contributed by atoms with Crippen molar-refractivity contribution in [3.05, 3.63) is 63.2 Å². The Labute approximate surface area is 143 Å². The first kappa shape index (κ1) is 17.9. The smallest absolute Gasteiger partial charge is 0.338 e. The van der Waals surface area contributed by atoms with Crippen molar-refractivity contribution in [2.24, 2.45) is 0 Å². The van der Waals surface area contributed by atoms with Crippen molar-refractivity contribution in [3.8, 4) is 0 Å². The van der Waals surface area contributed by atoms with Crippen LogP contribution in [-0.4, -0.2) is 23.4 Å². The lowest BCUT2D eigenvalue weighted by Crippen LogP contribution is -2.21. The fourth-order valence-corrected chi connectivity index (χ4v) is 2.10. The second-order valence-corrected chi connectivity index (χ2v) is 5.47. The van der Waals surface area contributed by atoms with E-state index in [1.165, 1.54) is 12.1 Å². The average Bonchev–Trinajstić information content (AvgIpc) is 2.56. The van der Waals surface area contributed by atoms with E-state index in [0.717, 1.165) is 17.2 Å². The number of nitro groups is 1. The van der Waals surface area contributed by atoms with Gasteiger partial charge in [-0.3, -0.25) is 14.9 Å². The van der Waals surface area contributed by atoms with Crippen LogP contribution in [0.25, 0.3) is 0 Å². The van der Waals surface area contributed by atoms with E-state index in [2.05, 4.69) is 5.32 Å². The van der Waals surface area contributed by atoms with Crippen LogP contribution in [0.2, 0.25) is 0 Å². The predicted octanol–water partition coefficient (Wildman–Crippen LogP) is 2.59. The van der Waals surface area contributed by atoms with Crippen LogP contribution in [0.5, 0.6) is 0 Å². The summed E-state index contributed by atoms with van der Waals surface area (Å²) < 4.78 is 4.89. The lowest BCUT2D eigenvalue weighted by Gasteiger charge is -2.10.